The summed E-state index contributed by atoms with van der Waals surface area (Å²) < 4.78 is 4.92. The van der Waals surface area contributed by atoms with Crippen LogP contribution >= 0.6 is 0 Å². The Hall–Kier alpha value is -1.85. The van der Waals surface area contributed by atoms with Crippen molar-refractivity contribution in [1.29, 1.82) is 0 Å². The van der Waals surface area contributed by atoms with E-state index in [-0.39, 0.29) is 5.91 Å². The molecule has 0 saturated carbocycles. The van der Waals surface area contributed by atoms with E-state index in [1.165, 1.54) is 0 Å². The maximum atomic E-state index is 12.5. The SMILES string of the molecule is CC1=NO[C@@](C)(C(=O)N2CCc3nocc3C2)C1. The van der Waals surface area contributed by atoms with Gasteiger partial charge in [0.25, 0.3) is 5.91 Å². The second-order valence-corrected chi connectivity index (χ2v) is 5.09. The van der Waals surface area contributed by atoms with E-state index >= 15 is 0 Å². The molecule has 2 aliphatic rings. The Balaban J connectivity index is 1.75. The topological polar surface area (TPSA) is 67.9 Å². The predicted octanol–water partition coefficient (Wildman–Crippen LogP) is 1.11. The molecule has 0 spiro atoms. The smallest absolute Gasteiger partial charge is 0.270 e. The van der Waals surface area contributed by atoms with Gasteiger partial charge in [0, 0.05) is 24.9 Å². The first-order chi connectivity index (χ1) is 8.58. The van der Waals surface area contributed by atoms with Crippen molar-refractivity contribution in [3.8, 4) is 0 Å². The highest BCUT2D eigenvalue weighted by Crippen LogP contribution is 2.28. The van der Waals surface area contributed by atoms with Gasteiger partial charge < -0.3 is 14.3 Å². The van der Waals surface area contributed by atoms with Gasteiger partial charge in [-0.25, -0.2) is 0 Å². The second kappa shape index (κ2) is 3.83. The molecule has 0 radical (unpaired) electrons. The third kappa shape index (κ3) is 1.68. The lowest BCUT2D eigenvalue weighted by molar-refractivity contribution is -0.154. The van der Waals surface area contributed by atoms with E-state index in [0.717, 1.165) is 23.4 Å². The molecule has 0 unspecified atom stereocenters. The molecular formula is C12H15N3O3. The van der Waals surface area contributed by atoms with E-state index in [9.17, 15) is 4.79 Å². The number of fused-ring (bicyclic) bond motifs is 1. The number of oxime groups is 1. The van der Waals surface area contributed by atoms with E-state index in [4.69, 9.17) is 9.36 Å². The average Bonchev–Trinajstić information content (AvgIpc) is 2.94. The third-order valence-electron chi connectivity index (χ3n) is 3.44. The minimum absolute atomic E-state index is 0.0186. The van der Waals surface area contributed by atoms with E-state index in [2.05, 4.69) is 10.3 Å². The fraction of sp³-hybridized carbons (Fsp3) is 0.583. The first-order valence-corrected chi connectivity index (χ1v) is 6.02. The summed E-state index contributed by atoms with van der Waals surface area (Å²) in [6, 6.07) is 0. The van der Waals surface area contributed by atoms with Crippen LogP contribution in [0.4, 0.5) is 0 Å². The molecule has 1 atom stereocenters. The molecule has 1 aromatic heterocycles. The Morgan fingerprint density at radius 1 is 1.56 bits per heavy atom. The lowest BCUT2D eigenvalue weighted by atomic mass is 9.97. The van der Waals surface area contributed by atoms with Crippen molar-refractivity contribution in [2.75, 3.05) is 6.54 Å². The van der Waals surface area contributed by atoms with Crippen molar-refractivity contribution in [2.45, 2.75) is 38.8 Å². The zero-order valence-electron chi connectivity index (χ0n) is 10.5. The molecule has 6 heteroatoms. The van der Waals surface area contributed by atoms with Gasteiger partial charge in [-0.1, -0.05) is 10.3 Å². The molecule has 0 N–H and O–H groups in total. The van der Waals surface area contributed by atoms with Gasteiger partial charge in [-0.05, 0) is 13.8 Å². The highest BCUT2D eigenvalue weighted by Gasteiger charge is 2.44. The molecule has 0 bridgehead atoms. The van der Waals surface area contributed by atoms with Gasteiger partial charge in [0.15, 0.2) is 0 Å². The van der Waals surface area contributed by atoms with E-state index in [0.29, 0.717) is 19.5 Å². The van der Waals surface area contributed by atoms with Crippen LogP contribution in [0.25, 0.3) is 0 Å². The van der Waals surface area contributed by atoms with Gasteiger partial charge in [-0.15, -0.1) is 0 Å². The van der Waals surface area contributed by atoms with Gasteiger partial charge in [0.05, 0.1) is 18.0 Å². The maximum absolute atomic E-state index is 12.5. The summed E-state index contributed by atoms with van der Waals surface area (Å²) in [6.07, 6.45) is 2.89. The van der Waals surface area contributed by atoms with Gasteiger partial charge in [-0.3, -0.25) is 4.79 Å². The summed E-state index contributed by atoms with van der Waals surface area (Å²) >= 11 is 0. The first-order valence-electron chi connectivity index (χ1n) is 6.02. The molecule has 18 heavy (non-hydrogen) atoms. The molecule has 6 nitrogen and oxygen atoms in total. The Kier molecular flexibility index (Phi) is 2.39. The Labute approximate surface area is 105 Å². The van der Waals surface area contributed by atoms with E-state index in [1.54, 1.807) is 18.1 Å². The monoisotopic (exact) mass is 249 g/mol. The maximum Gasteiger partial charge on any atom is 0.270 e. The van der Waals surface area contributed by atoms with E-state index < -0.39 is 5.60 Å². The minimum atomic E-state index is -0.848. The van der Waals surface area contributed by atoms with Crippen LogP contribution in [-0.4, -0.2) is 33.8 Å². The summed E-state index contributed by atoms with van der Waals surface area (Å²) in [5.41, 5.74) is 1.94. The number of hydrogen-bond acceptors (Lipinski definition) is 5. The molecule has 0 saturated heterocycles. The van der Waals surface area contributed by atoms with Crippen LogP contribution in [0.2, 0.25) is 0 Å². The lowest BCUT2D eigenvalue weighted by Crippen LogP contribution is -2.48. The standard InChI is InChI=1S/C12H15N3O3/c1-8-5-12(2,18-13-8)11(16)15-4-3-10-9(6-15)7-17-14-10/h7H,3-6H2,1-2H3/t12-/m1/s1. The van der Waals surface area contributed by atoms with Crippen LogP contribution < -0.4 is 0 Å². The molecule has 0 aliphatic carbocycles. The number of nitrogens with zero attached hydrogens (tertiary/aromatic N) is 3. The summed E-state index contributed by atoms with van der Waals surface area (Å²) in [4.78, 5) is 19.6. The van der Waals surface area contributed by atoms with Crippen LogP contribution in [0.1, 0.15) is 31.5 Å². The van der Waals surface area contributed by atoms with Crippen molar-refractivity contribution in [1.82, 2.24) is 10.1 Å². The fourth-order valence-electron chi connectivity index (χ4n) is 2.49. The Morgan fingerprint density at radius 2 is 2.39 bits per heavy atom. The first kappa shape index (κ1) is 11.3. The van der Waals surface area contributed by atoms with Gasteiger partial charge in [-0.2, -0.15) is 0 Å². The number of carbonyl (C=O) groups excluding carboxylic acids is 1. The van der Waals surface area contributed by atoms with Crippen molar-refractivity contribution >= 4 is 11.6 Å². The molecule has 0 fully saturated rings. The zero-order chi connectivity index (χ0) is 12.8. The number of carbonyl (C=O) groups is 1. The molecular weight excluding hydrogens is 234 g/mol. The lowest BCUT2D eigenvalue weighted by Gasteiger charge is -2.31. The Bertz CT molecular complexity index is 522. The van der Waals surface area contributed by atoms with E-state index in [1.807, 2.05) is 6.92 Å². The molecule has 3 rings (SSSR count). The molecule has 2 aliphatic heterocycles. The molecule has 96 valence electrons. The summed E-state index contributed by atoms with van der Waals surface area (Å²) in [7, 11) is 0. The van der Waals surface area contributed by atoms with Crippen LogP contribution in [0.5, 0.6) is 0 Å². The molecule has 1 amide bonds. The van der Waals surface area contributed by atoms with Crippen LogP contribution in [0, 0.1) is 0 Å². The summed E-state index contributed by atoms with van der Waals surface area (Å²) in [5.74, 6) is -0.0186. The van der Waals surface area contributed by atoms with Gasteiger partial charge in [0.1, 0.15) is 6.26 Å². The molecule has 1 aromatic rings. The fourth-order valence-corrected chi connectivity index (χ4v) is 2.49. The summed E-state index contributed by atoms with van der Waals surface area (Å²) in [6.45, 7) is 4.84. The second-order valence-electron chi connectivity index (χ2n) is 5.09. The highest BCUT2D eigenvalue weighted by atomic mass is 16.7. The normalized spacial score (nSPS) is 26.6. The largest absolute Gasteiger partial charge is 0.379 e. The van der Waals surface area contributed by atoms with Gasteiger partial charge >= 0.3 is 0 Å². The molecule has 0 aromatic carbocycles. The number of amides is 1. The van der Waals surface area contributed by atoms with Crippen molar-refractivity contribution in [3.05, 3.63) is 17.5 Å². The van der Waals surface area contributed by atoms with Crippen LogP contribution in [0.15, 0.2) is 15.9 Å². The quantitative estimate of drug-likeness (QED) is 0.747. The average molecular weight is 249 g/mol. The third-order valence-corrected chi connectivity index (χ3v) is 3.44. The number of hydrogen-bond donors (Lipinski definition) is 0. The summed E-state index contributed by atoms with van der Waals surface area (Å²) in [5, 5.41) is 7.79. The van der Waals surface area contributed by atoms with Crippen molar-refractivity contribution in [3.63, 3.8) is 0 Å². The minimum Gasteiger partial charge on any atom is -0.379 e. The van der Waals surface area contributed by atoms with Crippen LogP contribution in [0.3, 0.4) is 0 Å². The van der Waals surface area contributed by atoms with Crippen molar-refractivity contribution in [2.24, 2.45) is 5.16 Å². The highest BCUT2D eigenvalue weighted by molar-refractivity contribution is 5.94. The predicted molar refractivity (Wildman–Crippen MR) is 62.8 cm³/mol. The van der Waals surface area contributed by atoms with Gasteiger partial charge in [0.2, 0.25) is 5.60 Å². The Morgan fingerprint density at radius 3 is 3.11 bits per heavy atom. The number of rotatable bonds is 1. The van der Waals surface area contributed by atoms with Crippen LogP contribution in [-0.2, 0) is 22.6 Å². The number of aromatic nitrogens is 1. The molecule has 3 heterocycles. The zero-order valence-corrected chi connectivity index (χ0v) is 10.5. The van der Waals surface area contributed by atoms with Crippen molar-refractivity contribution < 1.29 is 14.2 Å².